The second-order valence-corrected chi connectivity index (χ2v) is 5.77. The van der Waals surface area contributed by atoms with Crippen LogP contribution < -0.4 is 0 Å². The van der Waals surface area contributed by atoms with Crippen LogP contribution in [0.1, 0.15) is 38.6 Å². The monoisotopic (exact) mass is 286 g/mol. The van der Waals surface area contributed by atoms with Gasteiger partial charge in [-0.05, 0) is 26.7 Å². The lowest BCUT2D eigenvalue weighted by Crippen LogP contribution is -2.43. The van der Waals surface area contributed by atoms with Crippen LogP contribution in [0.4, 0.5) is 0 Å². The summed E-state index contributed by atoms with van der Waals surface area (Å²) in [7, 11) is 0. The van der Waals surface area contributed by atoms with Gasteiger partial charge in [0.2, 0.25) is 5.91 Å². The van der Waals surface area contributed by atoms with E-state index in [0.29, 0.717) is 12.6 Å². The zero-order valence-electron chi connectivity index (χ0n) is 12.2. The summed E-state index contributed by atoms with van der Waals surface area (Å²) in [5, 5.41) is 12.9. The molecule has 0 aromatic carbocycles. The standard InChI is InChI=1S/C14H18N6O/c1-3-18-7-10(6-15-18)13-17-16-12-8-19(11-4-5-11)14(21)9(2)20(12)13/h6-7,9,11H,3-5,8H2,1-2H3. The molecule has 2 aromatic heterocycles. The first kappa shape index (κ1) is 12.6. The second kappa shape index (κ2) is 4.41. The average Bonchev–Trinajstić information content (AvgIpc) is 3.07. The van der Waals surface area contributed by atoms with Crippen molar-refractivity contribution in [3.63, 3.8) is 0 Å². The van der Waals surface area contributed by atoms with E-state index in [-0.39, 0.29) is 11.9 Å². The van der Waals surface area contributed by atoms with E-state index >= 15 is 0 Å². The highest BCUT2D eigenvalue weighted by Crippen LogP contribution is 2.35. The molecule has 0 N–H and O–H groups in total. The van der Waals surface area contributed by atoms with Gasteiger partial charge in [0, 0.05) is 18.8 Å². The Labute approximate surface area is 122 Å². The minimum Gasteiger partial charge on any atom is -0.330 e. The Bertz CT molecular complexity index is 698. The number of aromatic nitrogens is 5. The number of hydrogen-bond acceptors (Lipinski definition) is 4. The molecule has 2 aliphatic rings. The Morgan fingerprint density at radius 1 is 1.33 bits per heavy atom. The Hall–Kier alpha value is -2.18. The highest BCUT2D eigenvalue weighted by Gasteiger charge is 2.40. The SMILES string of the molecule is CCn1cc(-c2nnc3n2C(C)C(=O)N(C2CC2)C3)cn1. The third-order valence-corrected chi connectivity index (χ3v) is 4.31. The molecule has 0 spiro atoms. The fourth-order valence-electron chi connectivity index (χ4n) is 2.96. The zero-order chi connectivity index (χ0) is 14.6. The van der Waals surface area contributed by atoms with E-state index in [9.17, 15) is 4.79 Å². The first-order chi connectivity index (χ1) is 10.2. The molecule has 7 heteroatoms. The van der Waals surface area contributed by atoms with Crippen molar-refractivity contribution in [1.29, 1.82) is 0 Å². The van der Waals surface area contributed by atoms with E-state index < -0.39 is 0 Å². The largest absolute Gasteiger partial charge is 0.330 e. The van der Waals surface area contributed by atoms with Crippen LogP contribution in [0.2, 0.25) is 0 Å². The molecule has 4 rings (SSSR count). The molecular weight excluding hydrogens is 268 g/mol. The third-order valence-electron chi connectivity index (χ3n) is 4.31. The predicted molar refractivity (Wildman–Crippen MR) is 75.2 cm³/mol. The summed E-state index contributed by atoms with van der Waals surface area (Å²) >= 11 is 0. The van der Waals surface area contributed by atoms with Gasteiger partial charge in [0.15, 0.2) is 11.6 Å². The molecule has 1 aliphatic carbocycles. The predicted octanol–water partition coefficient (Wildman–Crippen LogP) is 1.23. The molecule has 1 saturated carbocycles. The van der Waals surface area contributed by atoms with E-state index in [0.717, 1.165) is 36.6 Å². The molecule has 1 aliphatic heterocycles. The summed E-state index contributed by atoms with van der Waals surface area (Å²) in [4.78, 5) is 14.5. The van der Waals surface area contributed by atoms with Crippen LogP contribution in [0.5, 0.6) is 0 Å². The lowest BCUT2D eigenvalue weighted by Gasteiger charge is -2.32. The van der Waals surface area contributed by atoms with E-state index in [1.54, 1.807) is 6.20 Å². The first-order valence-electron chi connectivity index (χ1n) is 7.46. The highest BCUT2D eigenvalue weighted by atomic mass is 16.2. The van der Waals surface area contributed by atoms with Gasteiger partial charge in [-0.3, -0.25) is 14.0 Å². The van der Waals surface area contributed by atoms with Crippen molar-refractivity contribution in [2.45, 2.75) is 51.9 Å². The molecule has 0 saturated heterocycles. The Kier molecular flexibility index (Phi) is 2.63. The van der Waals surface area contributed by atoms with Gasteiger partial charge < -0.3 is 4.90 Å². The van der Waals surface area contributed by atoms with E-state index in [4.69, 9.17) is 0 Å². The molecule has 110 valence electrons. The van der Waals surface area contributed by atoms with Gasteiger partial charge >= 0.3 is 0 Å². The van der Waals surface area contributed by atoms with E-state index in [1.807, 2.05) is 34.2 Å². The molecule has 2 aromatic rings. The summed E-state index contributed by atoms with van der Waals surface area (Å²) in [6.45, 7) is 5.35. The van der Waals surface area contributed by atoms with Gasteiger partial charge in [0.25, 0.3) is 0 Å². The van der Waals surface area contributed by atoms with Crippen LogP contribution in [0, 0.1) is 0 Å². The fraction of sp³-hybridized carbons (Fsp3) is 0.571. The topological polar surface area (TPSA) is 68.8 Å². The first-order valence-corrected chi connectivity index (χ1v) is 7.46. The van der Waals surface area contributed by atoms with Gasteiger partial charge in [-0.1, -0.05) is 0 Å². The Balaban J connectivity index is 1.75. The van der Waals surface area contributed by atoms with Gasteiger partial charge in [-0.25, -0.2) is 0 Å². The summed E-state index contributed by atoms with van der Waals surface area (Å²) in [6.07, 6.45) is 5.96. The Morgan fingerprint density at radius 2 is 2.14 bits per heavy atom. The van der Waals surface area contributed by atoms with Gasteiger partial charge in [-0.15, -0.1) is 10.2 Å². The maximum Gasteiger partial charge on any atom is 0.246 e. The van der Waals surface area contributed by atoms with Crippen LogP contribution in [-0.2, 0) is 17.9 Å². The van der Waals surface area contributed by atoms with Crippen molar-refractivity contribution in [3.8, 4) is 11.4 Å². The highest BCUT2D eigenvalue weighted by molar-refractivity contribution is 5.82. The average molecular weight is 286 g/mol. The molecule has 0 bridgehead atoms. The summed E-state index contributed by atoms with van der Waals surface area (Å²) < 4.78 is 3.81. The normalized spacial score (nSPS) is 21.7. The number of amides is 1. The van der Waals surface area contributed by atoms with E-state index in [2.05, 4.69) is 15.3 Å². The van der Waals surface area contributed by atoms with Gasteiger partial charge in [-0.2, -0.15) is 5.10 Å². The smallest absolute Gasteiger partial charge is 0.246 e. The van der Waals surface area contributed by atoms with Crippen LogP contribution >= 0.6 is 0 Å². The molecule has 3 heterocycles. The van der Waals surface area contributed by atoms with Crippen LogP contribution in [0.15, 0.2) is 12.4 Å². The number of aryl methyl sites for hydroxylation is 1. The maximum absolute atomic E-state index is 12.5. The molecule has 1 amide bonds. The lowest BCUT2D eigenvalue weighted by molar-refractivity contribution is -0.137. The molecule has 1 unspecified atom stereocenters. The molecule has 7 nitrogen and oxygen atoms in total. The zero-order valence-corrected chi connectivity index (χ0v) is 12.2. The quantitative estimate of drug-likeness (QED) is 0.851. The summed E-state index contributed by atoms with van der Waals surface area (Å²) in [6, 6.07) is 0.168. The van der Waals surface area contributed by atoms with Gasteiger partial charge in [0.05, 0.1) is 18.3 Å². The summed E-state index contributed by atoms with van der Waals surface area (Å²) in [5.74, 6) is 1.78. The summed E-state index contributed by atoms with van der Waals surface area (Å²) in [5.41, 5.74) is 0.912. The maximum atomic E-state index is 12.5. The van der Waals surface area contributed by atoms with Crippen molar-refractivity contribution in [2.75, 3.05) is 0 Å². The number of carbonyl (C=O) groups is 1. The molecule has 0 radical (unpaired) electrons. The van der Waals surface area contributed by atoms with Crippen molar-refractivity contribution in [1.82, 2.24) is 29.4 Å². The van der Waals surface area contributed by atoms with E-state index in [1.165, 1.54) is 0 Å². The minimum absolute atomic E-state index is 0.175. The number of carbonyl (C=O) groups excluding carboxylic acids is 1. The number of fused-ring (bicyclic) bond motifs is 1. The van der Waals surface area contributed by atoms with Crippen molar-refractivity contribution in [2.24, 2.45) is 0 Å². The Morgan fingerprint density at radius 3 is 2.81 bits per heavy atom. The molecule has 21 heavy (non-hydrogen) atoms. The number of hydrogen-bond donors (Lipinski definition) is 0. The molecule has 1 atom stereocenters. The number of rotatable bonds is 3. The van der Waals surface area contributed by atoms with Crippen molar-refractivity contribution >= 4 is 5.91 Å². The van der Waals surface area contributed by atoms with Crippen LogP contribution in [-0.4, -0.2) is 41.4 Å². The lowest BCUT2D eigenvalue weighted by atomic mass is 10.2. The van der Waals surface area contributed by atoms with Crippen molar-refractivity contribution < 1.29 is 4.79 Å². The van der Waals surface area contributed by atoms with Crippen LogP contribution in [0.25, 0.3) is 11.4 Å². The fourth-order valence-corrected chi connectivity index (χ4v) is 2.96. The third kappa shape index (κ3) is 1.87. The molecule has 1 fully saturated rings. The van der Waals surface area contributed by atoms with Crippen LogP contribution in [0.3, 0.4) is 0 Å². The second-order valence-electron chi connectivity index (χ2n) is 5.77. The van der Waals surface area contributed by atoms with Crippen molar-refractivity contribution in [3.05, 3.63) is 18.2 Å². The minimum atomic E-state index is -0.246. The molecular formula is C14H18N6O. The van der Waals surface area contributed by atoms with Gasteiger partial charge in [0.1, 0.15) is 6.04 Å². The number of nitrogens with zero attached hydrogens (tertiary/aromatic N) is 6.